The Labute approximate surface area is 253 Å². The molecule has 1 saturated heterocycles. The Morgan fingerprint density at radius 2 is 1.82 bits per heavy atom. The minimum atomic E-state index is -0.198. The third-order valence-corrected chi connectivity index (χ3v) is 7.19. The maximum absolute atomic E-state index is 12.3. The number of anilines is 1. The van der Waals surface area contributed by atoms with Gasteiger partial charge in [0.2, 0.25) is 0 Å². The molecule has 0 radical (unpaired) electrons. The molecule has 0 aliphatic carbocycles. The standard InChI is InChI=1S/C29H34N6O2.3ClH/c30-9-3-10-32-29(36)28-18-23-17-24(6-8-27(23)37-28)35-14-12-34(13-15-35)11-2-1-4-22-20-33-26-7-5-21(19-31)16-25(22)26;;;/h5-8,16-18,20,33H,1-4,9-15,30H2,(H,32,36);3*1H. The van der Waals surface area contributed by atoms with Crippen molar-refractivity contribution in [3.63, 3.8) is 0 Å². The molecule has 5 rings (SSSR count). The highest BCUT2D eigenvalue weighted by molar-refractivity contribution is 5.96. The van der Waals surface area contributed by atoms with Crippen LogP contribution >= 0.6 is 37.2 Å². The molecule has 1 aliphatic rings. The van der Waals surface area contributed by atoms with E-state index in [1.54, 1.807) is 0 Å². The van der Waals surface area contributed by atoms with E-state index in [1.165, 1.54) is 16.6 Å². The lowest BCUT2D eigenvalue weighted by atomic mass is 10.1. The van der Waals surface area contributed by atoms with Crippen LogP contribution < -0.4 is 16.0 Å². The predicted octanol–water partition coefficient (Wildman–Crippen LogP) is 5.27. The molecule has 4 aromatic rings. The monoisotopic (exact) mass is 606 g/mol. The number of aromatic nitrogens is 1. The van der Waals surface area contributed by atoms with Crippen LogP contribution in [-0.4, -0.2) is 61.6 Å². The SMILES string of the molecule is Cl.Cl.Cl.N#Cc1ccc2[nH]cc(CCCCN3CCN(c4ccc5oc(C(=O)NCCCN)cc5c4)CC3)c2c1. The summed E-state index contributed by atoms with van der Waals surface area (Å²) in [6, 6.07) is 16.0. The fourth-order valence-corrected chi connectivity index (χ4v) is 5.07. The molecule has 3 heterocycles. The highest BCUT2D eigenvalue weighted by Gasteiger charge is 2.18. The third-order valence-electron chi connectivity index (χ3n) is 7.19. The second kappa shape index (κ2) is 15.8. The van der Waals surface area contributed by atoms with E-state index in [9.17, 15) is 10.1 Å². The van der Waals surface area contributed by atoms with Gasteiger partial charge in [0.1, 0.15) is 5.58 Å². The number of H-pyrrole nitrogens is 1. The Kier molecular flexibility index (Phi) is 13.1. The fourth-order valence-electron chi connectivity index (χ4n) is 5.07. The number of hydrogen-bond acceptors (Lipinski definition) is 6. The van der Waals surface area contributed by atoms with Crippen molar-refractivity contribution in [3.05, 3.63) is 65.5 Å². The molecule has 2 aromatic carbocycles. The number of piperazine rings is 1. The average Bonchev–Trinajstić information content (AvgIpc) is 3.55. The maximum atomic E-state index is 12.3. The molecular weight excluding hydrogens is 571 g/mol. The number of carbonyl (C=O) groups excluding carboxylic acids is 1. The lowest BCUT2D eigenvalue weighted by molar-refractivity contribution is 0.0928. The number of nitriles is 1. The van der Waals surface area contributed by atoms with Gasteiger partial charge in [-0.15, -0.1) is 37.2 Å². The first-order valence-corrected chi connectivity index (χ1v) is 13.1. The van der Waals surface area contributed by atoms with E-state index in [-0.39, 0.29) is 43.1 Å². The number of benzene rings is 2. The molecule has 11 heteroatoms. The number of aryl methyl sites for hydroxylation is 1. The van der Waals surface area contributed by atoms with Gasteiger partial charge in [-0.05, 0) is 86.8 Å². The number of carbonyl (C=O) groups is 1. The first-order valence-electron chi connectivity index (χ1n) is 13.1. The van der Waals surface area contributed by atoms with Gasteiger partial charge in [0.15, 0.2) is 5.76 Å². The summed E-state index contributed by atoms with van der Waals surface area (Å²) in [6.07, 6.45) is 6.13. The summed E-state index contributed by atoms with van der Waals surface area (Å²) in [6.45, 7) is 6.24. The molecule has 8 nitrogen and oxygen atoms in total. The normalized spacial score (nSPS) is 13.2. The topological polar surface area (TPSA) is 114 Å². The third kappa shape index (κ3) is 7.84. The highest BCUT2D eigenvalue weighted by Crippen LogP contribution is 2.26. The zero-order chi connectivity index (χ0) is 25.6. The highest BCUT2D eigenvalue weighted by atomic mass is 35.5. The summed E-state index contributed by atoms with van der Waals surface area (Å²) < 4.78 is 5.75. The van der Waals surface area contributed by atoms with Gasteiger partial charge in [-0.1, -0.05) is 0 Å². The van der Waals surface area contributed by atoms with Gasteiger partial charge in [0.05, 0.1) is 11.6 Å². The van der Waals surface area contributed by atoms with Crippen molar-refractivity contribution >= 4 is 70.7 Å². The molecular formula is C29H37Cl3N6O2. The van der Waals surface area contributed by atoms with Crippen LogP contribution in [-0.2, 0) is 6.42 Å². The van der Waals surface area contributed by atoms with E-state index in [0.29, 0.717) is 24.4 Å². The molecule has 0 atom stereocenters. The molecule has 2 aromatic heterocycles. The van der Waals surface area contributed by atoms with Gasteiger partial charge in [0, 0.05) is 60.9 Å². The number of rotatable bonds is 10. The summed E-state index contributed by atoms with van der Waals surface area (Å²) in [7, 11) is 0. The van der Waals surface area contributed by atoms with Gasteiger partial charge in [0.25, 0.3) is 5.91 Å². The number of aromatic amines is 1. The largest absolute Gasteiger partial charge is 0.451 e. The number of nitrogens with two attached hydrogens (primary N) is 1. The van der Waals surface area contributed by atoms with Gasteiger partial charge in [-0.2, -0.15) is 5.26 Å². The number of halogens is 3. The number of hydrogen-bond donors (Lipinski definition) is 3. The minimum absolute atomic E-state index is 0. The number of unbranched alkanes of at least 4 members (excludes halogenated alkanes) is 1. The summed E-state index contributed by atoms with van der Waals surface area (Å²) >= 11 is 0. The number of fused-ring (bicyclic) bond motifs is 2. The second-order valence-electron chi connectivity index (χ2n) is 9.70. The van der Waals surface area contributed by atoms with Crippen LogP contribution in [0, 0.1) is 11.3 Å². The quantitative estimate of drug-likeness (QED) is 0.212. The fraction of sp³-hybridized carbons (Fsp3) is 0.379. The number of amides is 1. The van der Waals surface area contributed by atoms with E-state index >= 15 is 0 Å². The Balaban J connectivity index is 0.00000187. The van der Waals surface area contributed by atoms with Crippen LogP contribution in [0.2, 0.25) is 0 Å². The van der Waals surface area contributed by atoms with Crippen molar-refractivity contribution in [2.24, 2.45) is 5.73 Å². The van der Waals surface area contributed by atoms with Crippen LogP contribution in [0.4, 0.5) is 5.69 Å². The Morgan fingerprint density at radius 1 is 1.02 bits per heavy atom. The second-order valence-corrected chi connectivity index (χ2v) is 9.70. The molecule has 1 amide bonds. The Hall–Kier alpha value is -2.93. The summed E-state index contributed by atoms with van der Waals surface area (Å²) in [5, 5.41) is 14.1. The van der Waals surface area contributed by atoms with Gasteiger partial charge in [-0.3, -0.25) is 9.69 Å². The van der Waals surface area contributed by atoms with Crippen molar-refractivity contribution in [2.75, 3.05) is 50.7 Å². The molecule has 0 unspecified atom stereocenters. The number of furan rings is 1. The lowest BCUT2D eigenvalue weighted by Crippen LogP contribution is -2.46. The molecule has 216 valence electrons. The zero-order valence-electron chi connectivity index (χ0n) is 22.4. The van der Waals surface area contributed by atoms with Crippen LogP contribution in [0.3, 0.4) is 0 Å². The molecule has 0 saturated carbocycles. The zero-order valence-corrected chi connectivity index (χ0v) is 24.8. The van der Waals surface area contributed by atoms with Crippen molar-refractivity contribution < 1.29 is 9.21 Å². The summed E-state index contributed by atoms with van der Waals surface area (Å²) in [5.41, 5.74) is 10.5. The van der Waals surface area contributed by atoms with Gasteiger partial charge >= 0.3 is 0 Å². The number of nitrogens with one attached hydrogen (secondary N) is 2. The Morgan fingerprint density at radius 3 is 2.58 bits per heavy atom. The predicted molar refractivity (Wildman–Crippen MR) is 169 cm³/mol. The number of nitrogens with zero attached hydrogens (tertiary/aromatic N) is 3. The van der Waals surface area contributed by atoms with Crippen molar-refractivity contribution in [1.29, 1.82) is 5.26 Å². The van der Waals surface area contributed by atoms with Crippen molar-refractivity contribution in [3.8, 4) is 6.07 Å². The molecule has 4 N–H and O–H groups in total. The van der Waals surface area contributed by atoms with E-state index < -0.39 is 0 Å². The maximum Gasteiger partial charge on any atom is 0.287 e. The van der Waals surface area contributed by atoms with Crippen LogP contribution in [0.15, 0.2) is 53.1 Å². The minimum Gasteiger partial charge on any atom is -0.451 e. The van der Waals surface area contributed by atoms with E-state index in [1.807, 2.05) is 30.3 Å². The Bertz CT molecular complexity index is 1420. The van der Waals surface area contributed by atoms with E-state index in [4.69, 9.17) is 10.2 Å². The average molecular weight is 608 g/mol. The first kappa shape index (κ1) is 33.3. The molecule has 1 aliphatic heterocycles. The van der Waals surface area contributed by atoms with Gasteiger partial charge < -0.3 is 25.4 Å². The molecule has 0 bridgehead atoms. The molecule has 0 spiro atoms. The van der Waals surface area contributed by atoms with Gasteiger partial charge in [-0.25, -0.2) is 0 Å². The van der Waals surface area contributed by atoms with Crippen molar-refractivity contribution in [2.45, 2.75) is 25.7 Å². The lowest BCUT2D eigenvalue weighted by Gasteiger charge is -2.36. The molecule has 1 fully saturated rings. The van der Waals surface area contributed by atoms with E-state index in [2.05, 4.69) is 44.5 Å². The van der Waals surface area contributed by atoms with Crippen LogP contribution in [0.1, 0.15) is 40.9 Å². The molecule has 40 heavy (non-hydrogen) atoms. The van der Waals surface area contributed by atoms with Crippen LogP contribution in [0.25, 0.3) is 21.9 Å². The summed E-state index contributed by atoms with van der Waals surface area (Å²) in [4.78, 5) is 20.6. The van der Waals surface area contributed by atoms with Crippen LogP contribution in [0.5, 0.6) is 0 Å². The smallest absolute Gasteiger partial charge is 0.287 e. The first-order chi connectivity index (χ1) is 18.1. The van der Waals surface area contributed by atoms with Crippen molar-refractivity contribution in [1.82, 2.24) is 15.2 Å². The van der Waals surface area contributed by atoms with E-state index in [0.717, 1.165) is 74.9 Å². The summed E-state index contributed by atoms with van der Waals surface area (Å²) in [5.74, 6) is 0.142.